The molecule has 2 rings (SSSR count). The van der Waals surface area contributed by atoms with Gasteiger partial charge in [0.25, 0.3) is 0 Å². The SMILES string of the molecule is CCOCC1CCN(C(=NC)NCCC2CCCC(C)C2)C1. The highest BCUT2D eigenvalue weighted by molar-refractivity contribution is 5.80. The smallest absolute Gasteiger partial charge is 0.193 e. The van der Waals surface area contributed by atoms with Gasteiger partial charge in [-0.3, -0.25) is 4.99 Å². The second-order valence-corrected chi connectivity index (χ2v) is 7.16. The largest absolute Gasteiger partial charge is 0.381 e. The second kappa shape index (κ2) is 9.39. The molecule has 0 amide bonds. The van der Waals surface area contributed by atoms with Gasteiger partial charge in [-0.15, -0.1) is 0 Å². The van der Waals surface area contributed by atoms with Crippen LogP contribution in [0.3, 0.4) is 0 Å². The molecule has 0 spiro atoms. The summed E-state index contributed by atoms with van der Waals surface area (Å²) in [5.41, 5.74) is 0. The topological polar surface area (TPSA) is 36.9 Å². The Balaban J connectivity index is 1.67. The molecule has 2 fully saturated rings. The molecule has 128 valence electrons. The lowest BCUT2D eigenvalue weighted by Gasteiger charge is -2.27. The van der Waals surface area contributed by atoms with E-state index in [1.807, 2.05) is 7.05 Å². The summed E-state index contributed by atoms with van der Waals surface area (Å²) in [4.78, 5) is 6.87. The summed E-state index contributed by atoms with van der Waals surface area (Å²) < 4.78 is 5.56. The van der Waals surface area contributed by atoms with Crippen molar-refractivity contribution in [1.29, 1.82) is 0 Å². The quantitative estimate of drug-likeness (QED) is 0.605. The zero-order chi connectivity index (χ0) is 15.8. The van der Waals surface area contributed by atoms with Crippen LogP contribution in [-0.4, -0.2) is 50.8 Å². The van der Waals surface area contributed by atoms with Gasteiger partial charge in [0, 0.05) is 39.2 Å². The fourth-order valence-electron chi connectivity index (χ4n) is 3.99. The van der Waals surface area contributed by atoms with Crippen LogP contribution in [0.2, 0.25) is 0 Å². The number of nitrogens with one attached hydrogen (secondary N) is 1. The van der Waals surface area contributed by atoms with Crippen molar-refractivity contribution in [2.45, 2.75) is 52.4 Å². The molecular weight excluding hydrogens is 274 g/mol. The molecule has 0 bridgehead atoms. The number of hydrogen-bond donors (Lipinski definition) is 1. The number of ether oxygens (including phenoxy) is 1. The molecule has 0 aromatic carbocycles. The highest BCUT2D eigenvalue weighted by atomic mass is 16.5. The molecule has 2 aliphatic rings. The highest BCUT2D eigenvalue weighted by Crippen LogP contribution is 2.30. The van der Waals surface area contributed by atoms with Gasteiger partial charge in [-0.1, -0.05) is 26.2 Å². The van der Waals surface area contributed by atoms with Crippen molar-refractivity contribution < 1.29 is 4.74 Å². The Morgan fingerprint density at radius 1 is 1.27 bits per heavy atom. The number of nitrogens with zero attached hydrogens (tertiary/aromatic N) is 2. The van der Waals surface area contributed by atoms with Crippen molar-refractivity contribution in [2.75, 3.05) is 39.9 Å². The second-order valence-electron chi connectivity index (χ2n) is 7.16. The van der Waals surface area contributed by atoms with E-state index in [0.717, 1.165) is 50.6 Å². The van der Waals surface area contributed by atoms with Gasteiger partial charge in [-0.05, 0) is 38.0 Å². The van der Waals surface area contributed by atoms with Gasteiger partial charge >= 0.3 is 0 Å². The monoisotopic (exact) mass is 309 g/mol. The number of aliphatic imine (C=N–C) groups is 1. The third-order valence-electron chi connectivity index (χ3n) is 5.24. The summed E-state index contributed by atoms with van der Waals surface area (Å²) in [6, 6.07) is 0. The summed E-state index contributed by atoms with van der Waals surface area (Å²) in [6.45, 7) is 9.45. The van der Waals surface area contributed by atoms with Gasteiger partial charge in [0.05, 0.1) is 6.61 Å². The van der Waals surface area contributed by atoms with Crippen molar-refractivity contribution in [3.8, 4) is 0 Å². The van der Waals surface area contributed by atoms with Crippen LogP contribution in [0, 0.1) is 17.8 Å². The third kappa shape index (κ3) is 5.45. The Morgan fingerprint density at radius 2 is 2.14 bits per heavy atom. The molecule has 4 heteroatoms. The minimum atomic E-state index is 0.665. The van der Waals surface area contributed by atoms with E-state index in [9.17, 15) is 0 Å². The van der Waals surface area contributed by atoms with E-state index in [1.54, 1.807) is 0 Å². The summed E-state index contributed by atoms with van der Waals surface area (Å²) >= 11 is 0. The summed E-state index contributed by atoms with van der Waals surface area (Å²) in [7, 11) is 1.90. The molecule has 1 saturated carbocycles. The molecular formula is C18H35N3O. The first-order chi connectivity index (χ1) is 10.7. The fraction of sp³-hybridized carbons (Fsp3) is 0.944. The summed E-state index contributed by atoms with van der Waals surface area (Å²) in [5.74, 6) is 3.59. The van der Waals surface area contributed by atoms with Gasteiger partial charge in [0.15, 0.2) is 5.96 Å². The van der Waals surface area contributed by atoms with Crippen molar-refractivity contribution in [3.05, 3.63) is 0 Å². The number of hydrogen-bond acceptors (Lipinski definition) is 2. The van der Waals surface area contributed by atoms with Gasteiger partial charge in [-0.2, -0.15) is 0 Å². The standard InChI is InChI=1S/C18H35N3O/c1-4-22-14-17-9-11-21(13-17)18(19-3)20-10-8-16-7-5-6-15(2)12-16/h15-17H,4-14H2,1-3H3,(H,19,20). The molecule has 3 atom stereocenters. The van der Waals surface area contributed by atoms with Crippen molar-refractivity contribution >= 4 is 5.96 Å². The average Bonchev–Trinajstić information content (AvgIpc) is 2.98. The molecule has 1 saturated heterocycles. The average molecular weight is 309 g/mol. The minimum absolute atomic E-state index is 0.665. The van der Waals surface area contributed by atoms with Crippen molar-refractivity contribution in [3.63, 3.8) is 0 Å². The maximum absolute atomic E-state index is 5.56. The van der Waals surface area contributed by atoms with Crippen LogP contribution in [0.15, 0.2) is 4.99 Å². The molecule has 0 radical (unpaired) electrons. The first-order valence-electron chi connectivity index (χ1n) is 9.26. The van der Waals surface area contributed by atoms with Crippen LogP contribution >= 0.6 is 0 Å². The van der Waals surface area contributed by atoms with Crippen molar-refractivity contribution in [2.24, 2.45) is 22.7 Å². The van der Waals surface area contributed by atoms with Gasteiger partial charge < -0.3 is 15.0 Å². The maximum Gasteiger partial charge on any atom is 0.193 e. The Morgan fingerprint density at radius 3 is 2.86 bits per heavy atom. The highest BCUT2D eigenvalue weighted by Gasteiger charge is 2.25. The maximum atomic E-state index is 5.56. The molecule has 0 aromatic rings. The van der Waals surface area contributed by atoms with Crippen LogP contribution in [0.1, 0.15) is 52.4 Å². The molecule has 0 aromatic heterocycles. The van der Waals surface area contributed by atoms with Crippen molar-refractivity contribution in [1.82, 2.24) is 10.2 Å². The van der Waals surface area contributed by atoms with Crippen LogP contribution in [0.4, 0.5) is 0 Å². The molecule has 1 N–H and O–H groups in total. The van der Waals surface area contributed by atoms with E-state index < -0.39 is 0 Å². The predicted octanol–water partition coefficient (Wildman–Crippen LogP) is 3.14. The zero-order valence-corrected chi connectivity index (χ0v) is 14.8. The van der Waals surface area contributed by atoms with Crippen LogP contribution in [0.25, 0.3) is 0 Å². The molecule has 1 aliphatic carbocycles. The Hall–Kier alpha value is -0.770. The normalized spacial score (nSPS) is 29.9. The third-order valence-corrected chi connectivity index (χ3v) is 5.24. The van der Waals surface area contributed by atoms with E-state index in [4.69, 9.17) is 4.74 Å². The lowest BCUT2D eigenvalue weighted by Crippen LogP contribution is -2.41. The van der Waals surface area contributed by atoms with E-state index in [0.29, 0.717) is 5.92 Å². The van der Waals surface area contributed by atoms with E-state index >= 15 is 0 Å². The van der Waals surface area contributed by atoms with Gasteiger partial charge in [0.1, 0.15) is 0 Å². The summed E-state index contributed by atoms with van der Waals surface area (Å²) in [6.07, 6.45) is 8.21. The zero-order valence-electron chi connectivity index (χ0n) is 14.8. The van der Waals surface area contributed by atoms with Crippen LogP contribution in [-0.2, 0) is 4.74 Å². The molecule has 1 heterocycles. The van der Waals surface area contributed by atoms with E-state index in [1.165, 1.54) is 38.5 Å². The lowest BCUT2D eigenvalue weighted by atomic mass is 9.81. The minimum Gasteiger partial charge on any atom is -0.381 e. The number of likely N-dealkylation sites (tertiary alicyclic amines) is 1. The van der Waals surface area contributed by atoms with E-state index in [2.05, 4.69) is 29.1 Å². The predicted molar refractivity (Wildman–Crippen MR) is 93.3 cm³/mol. The molecule has 22 heavy (non-hydrogen) atoms. The molecule has 1 aliphatic heterocycles. The Kier molecular flexibility index (Phi) is 7.50. The number of rotatable bonds is 6. The van der Waals surface area contributed by atoms with Crippen LogP contribution in [0.5, 0.6) is 0 Å². The lowest BCUT2D eigenvalue weighted by molar-refractivity contribution is 0.114. The molecule has 4 nitrogen and oxygen atoms in total. The first kappa shape index (κ1) is 17.6. The van der Waals surface area contributed by atoms with Gasteiger partial charge in [0.2, 0.25) is 0 Å². The first-order valence-corrected chi connectivity index (χ1v) is 9.26. The van der Waals surface area contributed by atoms with Gasteiger partial charge in [-0.25, -0.2) is 0 Å². The Bertz CT molecular complexity index is 345. The Labute approximate surface area is 136 Å². The van der Waals surface area contributed by atoms with E-state index in [-0.39, 0.29) is 0 Å². The number of guanidine groups is 1. The summed E-state index contributed by atoms with van der Waals surface area (Å²) in [5, 5.41) is 3.59. The molecule has 3 unspecified atom stereocenters. The van der Waals surface area contributed by atoms with Crippen LogP contribution < -0.4 is 5.32 Å². The fourth-order valence-corrected chi connectivity index (χ4v) is 3.99.